The lowest BCUT2D eigenvalue weighted by Crippen LogP contribution is -1.97. The highest BCUT2D eigenvalue weighted by atomic mass is 79.9. The molecule has 0 bridgehead atoms. The van der Waals surface area contributed by atoms with Crippen LogP contribution < -0.4 is 0 Å². The van der Waals surface area contributed by atoms with E-state index in [9.17, 15) is 0 Å². The van der Waals surface area contributed by atoms with Gasteiger partial charge in [0.1, 0.15) is 5.01 Å². The molecule has 2 aromatic carbocycles. The molecule has 22 heavy (non-hydrogen) atoms. The van der Waals surface area contributed by atoms with Gasteiger partial charge in [0.15, 0.2) is 5.82 Å². The summed E-state index contributed by atoms with van der Waals surface area (Å²) >= 11 is 5.12. The van der Waals surface area contributed by atoms with Crippen molar-refractivity contribution in [3.63, 3.8) is 0 Å². The van der Waals surface area contributed by atoms with Crippen molar-refractivity contribution >= 4 is 32.2 Å². The third-order valence-electron chi connectivity index (χ3n) is 3.36. The van der Waals surface area contributed by atoms with Crippen LogP contribution >= 0.6 is 27.3 Å². The number of benzene rings is 2. The molecule has 0 aliphatic carbocycles. The Balaban J connectivity index is 1.75. The molecule has 0 N–H and O–H groups in total. The summed E-state index contributed by atoms with van der Waals surface area (Å²) in [5.41, 5.74) is 2.27. The third-order valence-corrected chi connectivity index (χ3v) is 4.99. The Kier molecular flexibility index (Phi) is 3.48. The minimum atomic E-state index is 0.723. The molecule has 0 saturated carbocycles. The number of nitrogens with zero attached hydrogens (tertiary/aromatic N) is 4. The van der Waals surface area contributed by atoms with Gasteiger partial charge in [-0.25, -0.2) is 0 Å². The van der Waals surface area contributed by atoms with Gasteiger partial charge in [0.2, 0.25) is 4.96 Å². The molecule has 2 aromatic heterocycles. The van der Waals surface area contributed by atoms with Crippen molar-refractivity contribution in [2.24, 2.45) is 0 Å². The van der Waals surface area contributed by atoms with Gasteiger partial charge < -0.3 is 0 Å². The van der Waals surface area contributed by atoms with E-state index in [0.29, 0.717) is 0 Å². The summed E-state index contributed by atoms with van der Waals surface area (Å²) in [5.74, 6) is 0.857. The molecular weight excluding hydrogens is 360 g/mol. The SMILES string of the molecule is Brc1ccccc1-c1nn2c(Cc3ccccc3)nnc2s1. The molecule has 4 rings (SSSR count). The van der Waals surface area contributed by atoms with E-state index >= 15 is 0 Å². The van der Waals surface area contributed by atoms with E-state index in [4.69, 9.17) is 0 Å². The molecule has 108 valence electrons. The highest BCUT2D eigenvalue weighted by molar-refractivity contribution is 9.10. The van der Waals surface area contributed by atoms with Crippen LogP contribution in [0.3, 0.4) is 0 Å². The fourth-order valence-electron chi connectivity index (χ4n) is 2.29. The minimum Gasteiger partial charge on any atom is -0.187 e. The molecule has 0 aliphatic rings. The largest absolute Gasteiger partial charge is 0.234 e. The molecule has 0 saturated heterocycles. The van der Waals surface area contributed by atoms with Crippen LogP contribution in [0.1, 0.15) is 11.4 Å². The Labute approximate surface area is 139 Å². The Bertz CT molecular complexity index is 930. The van der Waals surface area contributed by atoms with Crippen molar-refractivity contribution in [1.29, 1.82) is 0 Å². The second-order valence-corrected chi connectivity index (χ2v) is 6.67. The molecule has 0 radical (unpaired) electrons. The molecule has 0 unspecified atom stereocenters. The summed E-state index contributed by atoms with van der Waals surface area (Å²) in [6, 6.07) is 18.3. The van der Waals surface area contributed by atoms with Crippen molar-refractivity contribution < 1.29 is 0 Å². The fraction of sp³-hybridized carbons (Fsp3) is 0.0625. The smallest absolute Gasteiger partial charge is 0.187 e. The van der Waals surface area contributed by atoms with Crippen LogP contribution in [-0.4, -0.2) is 19.8 Å². The van der Waals surface area contributed by atoms with Gasteiger partial charge in [0.25, 0.3) is 0 Å². The van der Waals surface area contributed by atoms with Crippen molar-refractivity contribution in [3.05, 3.63) is 70.5 Å². The van der Waals surface area contributed by atoms with Crippen LogP contribution in [0.4, 0.5) is 0 Å². The maximum absolute atomic E-state index is 4.68. The summed E-state index contributed by atoms with van der Waals surface area (Å²) in [7, 11) is 0. The maximum atomic E-state index is 4.68. The lowest BCUT2D eigenvalue weighted by Gasteiger charge is -1.99. The Morgan fingerprint density at radius 2 is 1.73 bits per heavy atom. The highest BCUT2D eigenvalue weighted by Crippen LogP contribution is 2.31. The molecular formula is C16H11BrN4S. The zero-order chi connectivity index (χ0) is 14.9. The summed E-state index contributed by atoms with van der Waals surface area (Å²) in [6.07, 6.45) is 0.723. The molecule has 0 spiro atoms. The van der Waals surface area contributed by atoms with Gasteiger partial charge >= 0.3 is 0 Å². The standard InChI is InChI=1S/C16H11BrN4S/c17-13-9-5-4-8-12(13)15-20-21-14(18-19-16(21)22-15)10-11-6-2-1-3-7-11/h1-9H,10H2. The Morgan fingerprint density at radius 3 is 2.55 bits per heavy atom. The topological polar surface area (TPSA) is 43.1 Å². The van der Waals surface area contributed by atoms with Crippen molar-refractivity contribution in [3.8, 4) is 10.6 Å². The van der Waals surface area contributed by atoms with E-state index in [1.54, 1.807) is 11.3 Å². The van der Waals surface area contributed by atoms with Crippen LogP contribution in [0.25, 0.3) is 15.5 Å². The van der Waals surface area contributed by atoms with E-state index < -0.39 is 0 Å². The second-order valence-electron chi connectivity index (χ2n) is 4.86. The quantitative estimate of drug-likeness (QED) is 0.542. The summed E-state index contributed by atoms with van der Waals surface area (Å²) in [6.45, 7) is 0. The first kappa shape index (κ1) is 13.6. The number of hydrogen-bond donors (Lipinski definition) is 0. The van der Waals surface area contributed by atoms with Gasteiger partial charge in [-0.1, -0.05) is 75.8 Å². The predicted octanol–water partition coefficient (Wildman–Crippen LogP) is 4.21. The maximum Gasteiger partial charge on any atom is 0.234 e. The first-order chi connectivity index (χ1) is 10.8. The van der Waals surface area contributed by atoms with Crippen molar-refractivity contribution in [1.82, 2.24) is 19.8 Å². The summed E-state index contributed by atoms with van der Waals surface area (Å²) in [4.78, 5) is 0.816. The fourth-order valence-corrected chi connectivity index (χ4v) is 3.79. The molecule has 0 amide bonds. The Morgan fingerprint density at radius 1 is 0.955 bits per heavy atom. The number of fused-ring (bicyclic) bond motifs is 1. The Hall–Kier alpha value is -2.05. The third kappa shape index (κ3) is 2.44. The molecule has 0 fully saturated rings. The lowest BCUT2D eigenvalue weighted by atomic mass is 10.1. The van der Waals surface area contributed by atoms with Gasteiger partial charge in [-0.05, 0) is 11.6 Å². The zero-order valence-electron chi connectivity index (χ0n) is 11.5. The molecule has 6 heteroatoms. The summed E-state index contributed by atoms with van der Waals surface area (Å²) in [5, 5.41) is 14.1. The van der Waals surface area contributed by atoms with Gasteiger partial charge in [0, 0.05) is 16.5 Å². The molecule has 4 aromatic rings. The van der Waals surface area contributed by atoms with Crippen LogP contribution in [0.5, 0.6) is 0 Å². The first-order valence-corrected chi connectivity index (χ1v) is 8.42. The zero-order valence-corrected chi connectivity index (χ0v) is 13.9. The van der Waals surface area contributed by atoms with E-state index in [1.165, 1.54) is 5.56 Å². The van der Waals surface area contributed by atoms with Crippen molar-refractivity contribution in [2.45, 2.75) is 6.42 Å². The van der Waals surface area contributed by atoms with Crippen LogP contribution in [-0.2, 0) is 6.42 Å². The molecule has 0 aliphatic heterocycles. The lowest BCUT2D eigenvalue weighted by molar-refractivity contribution is 0.854. The van der Waals surface area contributed by atoms with E-state index in [0.717, 1.165) is 32.2 Å². The number of hydrogen-bond acceptors (Lipinski definition) is 4. The number of aromatic nitrogens is 4. The predicted molar refractivity (Wildman–Crippen MR) is 91.0 cm³/mol. The first-order valence-electron chi connectivity index (χ1n) is 6.81. The van der Waals surface area contributed by atoms with Gasteiger partial charge in [-0.3, -0.25) is 0 Å². The summed E-state index contributed by atoms with van der Waals surface area (Å²) < 4.78 is 2.87. The minimum absolute atomic E-state index is 0.723. The molecule has 2 heterocycles. The number of rotatable bonds is 3. The van der Waals surface area contributed by atoms with E-state index in [1.807, 2.05) is 47.0 Å². The second kappa shape index (κ2) is 5.62. The van der Waals surface area contributed by atoms with Crippen LogP contribution in [0.2, 0.25) is 0 Å². The highest BCUT2D eigenvalue weighted by Gasteiger charge is 2.14. The average molecular weight is 371 g/mol. The normalized spacial score (nSPS) is 11.1. The van der Waals surface area contributed by atoms with Gasteiger partial charge in [-0.15, -0.1) is 10.2 Å². The van der Waals surface area contributed by atoms with Gasteiger partial charge in [-0.2, -0.15) is 9.61 Å². The van der Waals surface area contributed by atoms with E-state index in [2.05, 4.69) is 43.4 Å². The van der Waals surface area contributed by atoms with Crippen LogP contribution in [0.15, 0.2) is 59.1 Å². The molecule has 4 nitrogen and oxygen atoms in total. The van der Waals surface area contributed by atoms with Crippen LogP contribution in [0, 0.1) is 0 Å². The van der Waals surface area contributed by atoms with E-state index in [-0.39, 0.29) is 0 Å². The average Bonchev–Trinajstić information content (AvgIpc) is 3.11. The van der Waals surface area contributed by atoms with Crippen molar-refractivity contribution in [2.75, 3.05) is 0 Å². The van der Waals surface area contributed by atoms with Gasteiger partial charge in [0.05, 0.1) is 0 Å². The number of halogens is 1. The monoisotopic (exact) mass is 370 g/mol. The molecule has 0 atom stereocenters.